The molecule has 3 aromatic rings. The highest BCUT2D eigenvalue weighted by atomic mass is 16.6. The van der Waals surface area contributed by atoms with E-state index in [1.54, 1.807) is 12.1 Å². The largest absolute Gasteiger partial charge is 0.269 e. The highest BCUT2D eigenvalue weighted by molar-refractivity contribution is 5.80. The van der Waals surface area contributed by atoms with Crippen molar-refractivity contribution in [2.24, 2.45) is 5.10 Å². The Morgan fingerprint density at radius 1 is 1.13 bits per heavy atom. The van der Waals surface area contributed by atoms with E-state index in [0.29, 0.717) is 11.5 Å². The lowest BCUT2D eigenvalue weighted by molar-refractivity contribution is -0.384. The predicted molar refractivity (Wildman–Crippen MR) is 83.5 cm³/mol. The molecule has 0 unspecified atom stereocenters. The third-order valence-electron chi connectivity index (χ3n) is 2.95. The van der Waals surface area contributed by atoms with Gasteiger partial charge in [0.2, 0.25) is 0 Å². The summed E-state index contributed by atoms with van der Waals surface area (Å²) in [5, 5.41) is 26.0. The summed E-state index contributed by atoms with van der Waals surface area (Å²) in [5.74, 6) is 0.356. The molecule has 114 valence electrons. The van der Waals surface area contributed by atoms with Crippen LogP contribution in [0.2, 0.25) is 0 Å². The van der Waals surface area contributed by atoms with Gasteiger partial charge in [-0.15, -0.1) is 0 Å². The monoisotopic (exact) mass is 309 g/mol. The topological polar surface area (TPSA) is 111 Å². The van der Waals surface area contributed by atoms with Gasteiger partial charge in [0.1, 0.15) is 0 Å². The lowest BCUT2D eigenvalue weighted by Crippen LogP contribution is -2.03. The van der Waals surface area contributed by atoms with Crippen molar-refractivity contribution in [1.82, 2.24) is 20.2 Å². The van der Waals surface area contributed by atoms with Crippen molar-refractivity contribution in [2.75, 3.05) is 5.43 Å². The number of para-hydroxylation sites is 1. The number of nitrogens with one attached hydrogen (secondary N) is 1. The second-order valence-electron chi connectivity index (χ2n) is 4.47. The Hall–Kier alpha value is -3.62. The second-order valence-corrected chi connectivity index (χ2v) is 4.47. The molecule has 0 saturated heterocycles. The molecule has 0 amide bonds. The van der Waals surface area contributed by atoms with Gasteiger partial charge in [0, 0.05) is 12.1 Å². The molecule has 0 spiro atoms. The van der Waals surface area contributed by atoms with E-state index in [1.165, 1.54) is 23.0 Å². The number of nitro groups is 1. The number of non-ortho nitro benzene ring substituents is 1. The smallest absolute Gasteiger partial charge is 0.258 e. The fourth-order valence-corrected chi connectivity index (χ4v) is 1.85. The van der Waals surface area contributed by atoms with Crippen molar-refractivity contribution < 1.29 is 4.92 Å². The minimum atomic E-state index is -0.451. The van der Waals surface area contributed by atoms with Gasteiger partial charge in [-0.2, -0.15) is 9.78 Å². The summed E-state index contributed by atoms with van der Waals surface area (Å²) in [5.41, 5.74) is 4.28. The first-order chi connectivity index (χ1) is 11.2. The average Bonchev–Trinajstić information content (AvgIpc) is 3.05. The maximum atomic E-state index is 10.6. The molecule has 0 fully saturated rings. The van der Waals surface area contributed by atoms with Crippen LogP contribution in [0.3, 0.4) is 0 Å². The number of hydrazone groups is 1. The number of hydrogen-bond acceptors (Lipinski definition) is 7. The number of aromatic nitrogens is 4. The first-order valence-corrected chi connectivity index (χ1v) is 6.61. The molecule has 0 saturated carbocycles. The van der Waals surface area contributed by atoms with Crippen LogP contribution < -0.4 is 5.43 Å². The molecule has 0 aliphatic carbocycles. The first kappa shape index (κ1) is 14.3. The van der Waals surface area contributed by atoms with Gasteiger partial charge in [-0.1, -0.05) is 23.3 Å². The Morgan fingerprint density at radius 2 is 1.87 bits per heavy atom. The minimum absolute atomic E-state index is 0.0307. The number of benzene rings is 2. The van der Waals surface area contributed by atoms with Crippen molar-refractivity contribution >= 4 is 17.9 Å². The van der Waals surface area contributed by atoms with Gasteiger partial charge >= 0.3 is 0 Å². The van der Waals surface area contributed by atoms with Crippen LogP contribution in [-0.4, -0.2) is 31.3 Å². The number of rotatable bonds is 5. The maximum Gasteiger partial charge on any atom is 0.269 e. The Bertz CT molecular complexity index is 828. The van der Waals surface area contributed by atoms with Crippen molar-refractivity contribution in [3.05, 3.63) is 70.3 Å². The van der Waals surface area contributed by atoms with Gasteiger partial charge in [-0.25, -0.2) is 5.43 Å². The highest BCUT2D eigenvalue weighted by Gasteiger charge is 2.06. The molecule has 0 radical (unpaired) electrons. The Labute approximate surface area is 130 Å². The van der Waals surface area contributed by atoms with Crippen LogP contribution in [0.4, 0.5) is 11.6 Å². The molecule has 0 aliphatic heterocycles. The third-order valence-corrected chi connectivity index (χ3v) is 2.95. The van der Waals surface area contributed by atoms with Gasteiger partial charge < -0.3 is 0 Å². The third kappa shape index (κ3) is 3.35. The molecule has 2 aromatic carbocycles. The van der Waals surface area contributed by atoms with E-state index >= 15 is 0 Å². The zero-order chi connectivity index (χ0) is 16.1. The molecule has 0 atom stereocenters. The van der Waals surface area contributed by atoms with Crippen LogP contribution in [0.25, 0.3) is 5.69 Å². The van der Waals surface area contributed by atoms with Crippen LogP contribution in [0.1, 0.15) is 5.56 Å². The lowest BCUT2D eigenvalue weighted by atomic mass is 10.2. The summed E-state index contributed by atoms with van der Waals surface area (Å²) in [7, 11) is 0. The molecule has 1 heterocycles. The lowest BCUT2D eigenvalue weighted by Gasteiger charge is -2.02. The standard InChI is InChI=1S/C14H11N7O2/c22-21(23)13-8-6-11(7-9-13)10-15-16-14-17-18-19-20(14)12-4-2-1-3-5-12/h1-10H,(H,16,17,19)/b15-10-. The zero-order valence-electron chi connectivity index (χ0n) is 11.8. The van der Waals surface area contributed by atoms with E-state index in [-0.39, 0.29) is 5.69 Å². The molecule has 1 N–H and O–H groups in total. The first-order valence-electron chi connectivity index (χ1n) is 6.61. The summed E-state index contributed by atoms with van der Waals surface area (Å²) in [4.78, 5) is 10.1. The highest BCUT2D eigenvalue weighted by Crippen LogP contribution is 2.12. The van der Waals surface area contributed by atoms with Crippen LogP contribution in [0.5, 0.6) is 0 Å². The number of anilines is 1. The molecule has 1 aromatic heterocycles. The van der Waals surface area contributed by atoms with Crippen molar-refractivity contribution in [2.45, 2.75) is 0 Å². The molecule has 3 rings (SSSR count). The average molecular weight is 309 g/mol. The fourth-order valence-electron chi connectivity index (χ4n) is 1.85. The van der Waals surface area contributed by atoms with E-state index in [4.69, 9.17) is 0 Å². The Kier molecular flexibility index (Phi) is 4.01. The predicted octanol–water partition coefficient (Wildman–Crippen LogP) is 2.02. The van der Waals surface area contributed by atoms with Gasteiger partial charge in [0.15, 0.2) is 0 Å². The fraction of sp³-hybridized carbons (Fsp3) is 0. The molecular formula is C14H11N7O2. The number of nitrogens with zero attached hydrogens (tertiary/aromatic N) is 6. The summed E-state index contributed by atoms with van der Waals surface area (Å²) >= 11 is 0. The van der Waals surface area contributed by atoms with Crippen molar-refractivity contribution in [3.8, 4) is 5.69 Å². The summed E-state index contributed by atoms with van der Waals surface area (Å²) in [6.45, 7) is 0. The molecular weight excluding hydrogens is 298 g/mol. The summed E-state index contributed by atoms with van der Waals surface area (Å²) < 4.78 is 1.51. The molecule has 9 nitrogen and oxygen atoms in total. The van der Waals surface area contributed by atoms with E-state index in [9.17, 15) is 10.1 Å². The number of tetrazole rings is 1. The van der Waals surface area contributed by atoms with Crippen LogP contribution in [0, 0.1) is 10.1 Å². The van der Waals surface area contributed by atoms with Crippen LogP contribution in [-0.2, 0) is 0 Å². The minimum Gasteiger partial charge on any atom is -0.258 e. The summed E-state index contributed by atoms with van der Waals surface area (Å²) in [6, 6.07) is 15.4. The number of hydrogen-bond donors (Lipinski definition) is 1. The summed E-state index contributed by atoms with van der Waals surface area (Å²) in [6.07, 6.45) is 1.52. The normalized spacial score (nSPS) is 10.8. The zero-order valence-corrected chi connectivity index (χ0v) is 11.8. The molecule has 0 bridgehead atoms. The van der Waals surface area contributed by atoms with Gasteiger partial charge in [0.25, 0.3) is 11.6 Å². The Balaban J connectivity index is 1.71. The quantitative estimate of drug-likeness (QED) is 0.438. The van der Waals surface area contributed by atoms with E-state index in [2.05, 4.69) is 26.1 Å². The molecule has 0 aliphatic rings. The van der Waals surface area contributed by atoms with Crippen LogP contribution in [0.15, 0.2) is 59.7 Å². The van der Waals surface area contributed by atoms with E-state index in [1.807, 2.05) is 30.3 Å². The van der Waals surface area contributed by atoms with E-state index < -0.39 is 4.92 Å². The SMILES string of the molecule is O=[N+]([O-])c1ccc(/C=N\Nc2nnnn2-c2ccccc2)cc1. The second kappa shape index (κ2) is 6.43. The van der Waals surface area contributed by atoms with Crippen molar-refractivity contribution in [1.29, 1.82) is 0 Å². The van der Waals surface area contributed by atoms with Crippen LogP contribution >= 0.6 is 0 Å². The van der Waals surface area contributed by atoms with Gasteiger partial charge in [-0.3, -0.25) is 10.1 Å². The van der Waals surface area contributed by atoms with Gasteiger partial charge in [-0.05, 0) is 40.3 Å². The molecule has 9 heteroatoms. The maximum absolute atomic E-state index is 10.6. The number of nitro benzene ring substituents is 1. The van der Waals surface area contributed by atoms with E-state index in [0.717, 1.165) is 5.69 Å². The van der Waals surface area contributed by atoms with Crippen molar-refractivity contribution in [3.63, 3.8) is 0 Å². The Morgan fingerprint density at radius 3 is 2.57 bits per heavy atom. The molecule has 23 heavy (non-hydrogen) atoms. The van der Waals surface area contributed by atoms with Gasteiger partial charge in [0.05, 0.1) is 16.8 Å².